The molecule has 22 heavy (non-hydrogen) atoms. The lowest BCUT2D eigenvalue weighted by Crippen LogP contribution is -2.36. The molecule has 0 atom stereocenters. The van der Waals surface area contributed by atoms with Crippen LogP contribution in [-0.2, 0) is 13.1 Å². The number of hydrogen-bond donors (Lipinski definition) is 2. The zero-order valence-electron chi connectivity index (χ0n) is 13.2. The lowest BCUT2D eigenvalue weighted by Gasteiger charge is -2.11. The summed E-state index contributed by atoms with van der Waals surface area (Å²) in [5.74, 6) is 1.67. The van der Waals surface area contributed by atoms with Gasteiger partial charge in [0.1, 0.15) is 5.75 Å². The summed E-state index contributed by atoms with van der Waals surface area (Å²) in [6, 6.07) is 18.3. The predicted octanol–water partition coefficient (Wildman–Crippen LogP) is 2.95. The van der Waals surface area contributed by atoms with E-state index < -0.39 is 0 Å². The second-order valence-corrected chi connectivity index (χ2v) is 4.89. The standard InChI is InChI=1S/C18H23N3O/c1-3-19-18(20-13-15-8-5-4-6-9-15)21-14-16-10-7-11-17(12-16)22-2/h4-12H,3,13-14H2,1-2H3,(H2,19,20,21). The number of benzene rings is 2. The van der Waals surface area contributed by atoms with Crippen LogP contribution in [0, 0.1) is 0 Å². The summed E-state index contributed by atoms with van der Waals surface area (Å²) in [5.41, 5.74) is 2.35. The lowest BCUT2D eigenvalue weighted by atomic mass is 10.2. The normalized spacial score (nSPS) is 11.1. The van der Waals surface area contributed by atoms with Crippen LogP contribution in [0.5, 0.6) is 5.75 Å². The number of nitrogens with one attached hydrogen (secondary N) is 2. The smallest absolute Gasteiger partial charge is 0.191 e. The van der Waals surface area contributed by atoms with Gasteiger partial charge in [0, 0.05) is 13.1 Å². The quantitative estimate of drug-likeness (QED) is 0.636. The second-order valence-electron chi connectivity index (χ2n) is 4.89. The SMILES string of the molecule is CCNC(=NCc1cccc(OC)c1)NCc1ccccc1. The highest BCUT2D eigenvalue weighted by atomic mass is 16.5. The summed E-state index contributed by atoms with van der Waals surface area (Å²) < 4.78 is 5.23. The van der Waals surface area contributed by atoms with Crippen LogP contribution in [0.4, 0.5) is 0 Å². The maximum atomic E-state index is 5.23. The number of hydrogen-bond acceptors (Lipinski definition) is 2. The Kier molecular flexibility index (Phi) is 6.30. The molecule has 0 aliphatic rings. The zero-order chi connectivity index (χ0) is 15.6. The van der Waals surface area contributed by atoms with Crippen LogP contribution in [0.15, 0.2) is 59.6 Å². The molecule has 116 valence electrons. The molecule has 4 heteroatoms. The van der Waals surface area contributed by atoms with Crippen molar-refractivity contribution < 1.29 is 4.74 Å². The summed E-state index contributed by atoms with van der Waals surface area (Å²) >= 11 is 0. The van der Waals surface area contributed by atoms with Gasteiger partial charge in [-0.2, -0.15) is 0 Å². The molecule has 2 aromatic rings. The molecule has 0 aliphatic heterocycles. The molecule has 0 aliphatic carbocycles. The summed E-state index contributed by atoms with van der Waals surface area (Å²) in [6.07, 6.45) is 0. The third-order valence-electron chi connectivity index (χ3n) is 3.20. The molecule has 0 amide bonds. The van der Waals surface area contributed by atoms with Gasteiger partial charge in [-0.25, -0.2) is 4.99 Å². The van der Waals surface area contributed by atoms with E-state index in [9.17, 15) is 0 Å². The van der Waals surface area contributed by atoms with Crippen LogP contribution in [0.25, 0.3) is 0 Å². The van der Waals surface area contributed by atoms with Gasteiger partial charge in [-0.15, -0.1) is 0 Å². The maximum Gasteiger partial charge on any atom is 0.191 e. The molecule has 0 bridgehead atoms. The van der Waals surface area contributed by atoms with Crippen molar-refractivity contribution in [2.24, 2.45) is 4.99 Å². The Morgan fingerprint density at radius 3 is 2.50 bits per heavy atom. The van der Waals surface area contributed by atoms with Crippen LogP contribution in [0.1, 0.15) is 18.1 Å². The van der Waals surface area contributed by atoms with Crippen molar-refractivity contribution in [3.8, 4) is 5.75 Å². The number of rotatable bonds is 6. The van der Waals surface area contributed by atoms with Crippen molar-refractivity contribution in [2.75, 3.05) is 13.7 Å². The molecule has 0 saturated heterocycles. The van der Waals surface area contributed by atoms with Gasteiger partial charge in [0.05, 0.1) is 13.7 Å². The van der Waals surface area contributed by atoms with E-state index in [1.807, 2.05) is 42.5 Å². The van der Waals surface area contributed by atoms with Crippen LogP contribution >= 0.6 is 0 Å². The van der Waals surface area contributed by atoms with Gasteiger partial charge >= 0.3 is 0 Å². The Labute approximate surface area is 132 Å². The van der Waals surface area contributed by atoms with Crippen molar-refractivity contribution in [3.63, 3.8) is 0 Å². The molecule has 2 aromatic carbocycles. The Hall–Kier alpha value is -2.49. The Balaban J connectivity index is 1.97. The summed E-state index contributed by atoms with van der Waals surface area (Å²) in [6.45, 7) is 4.26. The molecular formula is C18H23N3O. The zero-order valence-corrected chi connectivity index (χ0v) is 13.2. The lowest BCUT2D eigenvalue weighted by molar-refractivity contribution is 0.414. The van der Waals surface area contributed by atoms with Crippen LogP contribution < -0.4 is 15.4 Å². The minimum atomic E-state index is 0.612. The molecular weight excluding hydrogens is 274 g/mol. The number of ether oxygens (including phenoxy) is 1. The first-order valence-electron chi connectivity index (χ1n) is 7.51. The fourth-order valence-corrected chi connectivity index (χ4v) is 2.06. The van der Waals surface area contributed by atoms with E-state index >= 15 is 0 Å². The first-order valence-corrected chi connectivity index (χ1v) is 7.51. The van der Waals surface area contributed by atoms with Gasteiger partial charge in [-0.1, -0.05) is 42.5 Å². The van der Waals surface area contributed by atoms with E-state index in [2.05, 4.69) is 34.7 Å². The van der Waals surface area contributed by atoms with Gasteiger partial charge in [0.25, 0.3) is 0 Å². The molecule has 0 radical (unpaired) electrons. The predicted molar refractivity (Wildman–Crippen MR) is 91.1 cm³/mol. The summed E-state index contributed by atoms with van der Waals surface area (Å²) in [4.78, 5) is 4.61. The largest absolute Gasteiger partial charge is 0.497 e. The highest BCUT2D eigenvalue weighted by Gasteiger charge is 1.99. The summed E-state index contributed by atoms with van der Waals surface area (Å²) in [7, 11) is 1.67. The first-order chi connectivity index (χ1) is 10.8. The van der Waals surface area contributed by atoms with E-state index in [1.165, 1.54) is 5.56 Å². The van der Waals surface area contributed by atoms with Gasteiger partial charge in [-0.3, -0.25) is 0 Å². The van der Waals surface area contributed by atoms with Gasteiger partial charge in [0.15, 0.2) is 5.96 Å². The fraction of sp³-hybridized carbons (Fsp3) is 0.278. The second kappa shape index (κ2) is 8.72. The molecule has 2 N–H and O–H groups in total. The van der Waals surface area contributed by atoms with Crippen molar-refractivity contribution in [1.29, 1.82) is 0 Å². The van der Waals surface area contributed by atoms with Crippen LogP contribution in [0.3, 0.4) is 0 Å². The van der Waals surface area contributed by atoms with Gasteiger partial charge in [0.2, 0.25) is 0 Å². The third kappa shape index (κ3) is 5.13. The molecule has 0 spiro atoms. The maximum absolute atomic E-state index is 5.23. The van der Waals surface area contributed by atoms with E-state index in [0.717, 1.165) is 30.4 Å². The van der Waals surface area contributed by atoms with Crippen molar-refractivity contribution >= 4 is 5.96 Å². The highest BCUT2D eigenvalue weighted by molar-refractivity contribution is 5.79. The Morgan fingerprint density at radius 2 is 1.77 bits per heavy atom. The van der Waals surface area contributed by atoms with Crippen molar-refractivity contribution in [1.82, 2.24) is 10.6 Å². The van der Waals surface area contributed by atoms with E-state index in [0.29, 0.717) is 6.54 Å². The van der Waals surface area contributed by atoms with Crippen molar-refractivity contribution in [2.45, 2.75) is 20.0 Å². The number of guanidine groups is 1. The Bertz CT molecular complexity index is 596. The molecule has 0 aromatic heterocycles. The Morgan fingerprint density at radius 1 is 1.00 bits per heavy atom. The molecule has 4 nitrogen and oxygen atoms in total. The topological polar surface area (TPSA) is 45.7 Å². The third-order valence-corrected chi connectivity index (χ3v) is 3.20. The van der Waals surface area contributed by atoms with Crippen LogP contribution in [-0.4, -0.2) is 19.6 Å². The monoisotopic (exact) mass is 297 g/mol. The minimum absolute atomic E-state index is 0.612. The molecule has 2 rings (SSSR count). The van der Waals surface area contributed by atoms with Gasteiger partial charge in [-0.05, 0) is 30.2 Å². The summed E-state index contributed by atoms with van der Waals surface area (Å²) in [5, 5.41) is 6.60. The average Bonchev–Trinajstić information content (AvgIpc) is 2.58. The number of nitrogens with zero attached hydrogens (tertiary/aromatic N) is 1. The number of methoxy groups -OCH3 is 1. The average molecular weight is 297 g/mol. The minimum Gasteiger partial charge on any atom is -0.497 e. The van der Waals surface area contributed by atoms with E-state index in [1.54, 1.807) is 7.11 Å². The molecule has 0 saturated carbocycles. The van der Waals surface area contributed by atoms with Crippen LogP contribution in [0.2, 0.25) is 0 Å². The molecule has 0 fully saturated rings. The highest BCUT2D eigenvalue weighted by Crippen LogP contribution is 2.13. The van der Waals surface area contributed by atoms with E-state index in [4.69, 9.17) is 4.74 Å². The molecule has 0 heterocycles. The number of aliphatic imine (C=N–C) groups is 1. The first kappa shape index (κ1) is 15.9. The fourth-order valence-electron chi connectivity index (χ4n) is 2.06. The van der Waals surface area contributed by atoms with E-state index in [-0.39, 0.29) is 0 Å². The van der Waals surface area contributed by atoms with Crippen molar-refractivity contribution in [3.05, 3.63) is 65.7 Å². The van der Waals surface area contributed by atoms with Gasteiger partial charge < -0.3 is 15.4 Å². The molecule has 0 unspecified atom stereocenters.